The van der Waals surface area contributed by atoms with Gasteiger partial charge >= 0.3 is 12.1 Å². The van der Waals surface area contributed by atoms with Crippen molar-refractivity contribution in [3.05, 3.63) is 57.4 Å². The van der Waals surface area contributed by atoms with E-state index in [1.54, 1.807) is 0 Å². The van der Waals surface area contributed by atoms with Gasteiger partial charge in [0.1, 0.15) is 12.4 Å². The van der Waals surface area contributed by atoms with Crippen molar-refractivity contribution < 1.29 is 28.4 Å². The molecule has 9 nitrogen and oxygen atoms in total. The number of nitrogens with zero attached hydrogens (tertiary/aromatic N) is 1. The highest BCUT2D eigenvalue weighted by molar-refractivity contribution is 6.01. The molecule has 0 saturated heterocycles. The van der Waals surface area contributed by atoms with Crippen molar-refractivity contribution in [3.63, 3.8) is 0 Å². The van der Waals surface area contributed by atoms with Gasteiger partial charge in [-0.1, -0.05) is 6.07 Å². The number of benzene rings is 2. The maximum atomic E-state index is 14.5. The van der Waals surface area contributed by atoms with Gasteiger partial charge < -0.3 is 20.9 Å². The smallest absolute Gasteiger partial charge is 0.404 e. The lowest BCUT2D eigenvalue weighted by Crippen LogP contribution is -2.14. The molecule has 0 aliphatic carbocycles. The molecule has 0 unspecified atom stereocenters. The van der Waals surface area contributed by atoms with E-state index in [4.69, 9.17) is 11.5 Å². The van der Waals surface area contributed by atoms with E-state index < -0.39 is 35.1 Å². The summed E-state index contributed by atoms with van der Waals surface area (Å²) in [6, 6.07) is 5.96. The third kappa shape index (κ3) is 3.69. The van der Waals surface area contributed by atoms with E-state index >= 15 is 0 Å². The SMILES string of the molecule is COC(=O)c1cccc(N)c1-c1cc([N+](=O)[O-])cc(F)c1COC(N)=O. The minimum atomic E-state index is -1.16. The largest absolute Gasteiger partial charge is 0.465 e. The molecule has 0 spiro atoms. The van der Waals surface area contributed by atoms with Crippen LogP contribution in [0.2, 0.25) is 0 Å². The van der Waals surface area contributed by atoms with Gasteiger partial charge in [-0.05, 0) is 12.1 Å². The number of carbonyl (C=O) groups is 2. The average molecular weight is 363 g/mol. The van der Waals surface area contributed by atoms with Gasteiger partial charge in [0.2, 0.25) is 0 Å². The van der Waals surface area contributed by atoms with Crippen LogP contribution in [0.15, 0.2) is 30.3 Å². The van der Waals surface area contributed by atoms with Crippen LogP contribution >= 0.6 is 0 Å². The summed E-state index contributed by atoms with van der Waals surface area (Å²) in [6.07, 6.45) is -1.16. The number of nitrogens with two attached hydrogens (primary N) is 2. The van der Waals surface area contributed by atoms with Gasteiger partial charge in [0.15, 0.2) is 0 Å². The fourth-order valence-electron chi connectivity index (χ4n) is 2.39. The highest BCUT2D eigenvalue weighted by Gasteiger charge is 2.24. The fraction of sp³-hybridized carbons (Fsp3) is 0.125. The molecule has 2 aromatic carbocycles. The Morgan fingerprint density at radius 1 is 1.31 bits per heavy atom. The molecule has 0 atom stereocenters. The van der Waals surface area contributed by atoms with Crippen molar-refractivity contribution in [2.24, 2.45) is 5.73 Å². The average Bonchev–Trinajstić information content (AvgIpc) is 2.58. The number of anilines is 1. The molecule has 0 fully saturated rings. The minimum absolute atomic E-state index is 0.0185. The molecule has 0 aliphatic heterocycles. The molecule has 0 bridgehead atoms. The quantitative estimate of drug-likeness (QED) is 0.358. The standard InChI is InChI=1S/C16H14FN3O6/c1-25-15(21)9-3-2-4-13(18)14(9)10-5-8(20(23)24)6-12(17)11(10)7-26-16(19)22/h2-6H,7,18H2,1H3,(H2,19,22). The first kappa shape index (κ1) is 18.6. The predicted molar refractivity (Wildman–Crippen MR) is 88.6 cm³/mol. The highest BCUT2D eigenvalue weighted by Crippen LogP contribution is 2.37. The van der Waals surface area contributed by atoms with Crippen molar-refractivity contribution in [3.8, 4) is 11.1 Å². The van der Waals surface area contributed by atoms with E-state index in [1.165, 1.54) is 18.2 Å². The lowest BCUT2D eigenvalue weighted by molar-refractivity contribution is -0.385. The molecule has 26 heavy (non-hydrogen) atoms. The Morgan fingerprint density at radius 2 is 2.00 bits per heavy atom. The Bertz CT molecular complexity index is 900. The van der Waals surface area contributed by atoms with Crippen LogP contribution in [0.4, 0.5) is 20.6 Å². The van der Waals surface area contributed by atoms with Gasteiger partial charge in [-0.25, -0.2) is 14.0 Å². The van der Waals surface area contributed by atoms with Gasteiger partial charge in [0, 0.05) is 28.4 Å². The third-order valence-corrected chi connectivity index (χ3v) is 3.52. The van der Waals surface area contributed by atoms with Gasteiger partial charge in [0.25, 0.3) is 5.69 Å². The van der Waals surface area contributed by atoms with Crippen LogP contribution in [-0.4, -0.2) is 24.1 Å². The summed E-state index contributed by atoms with van der Waals surface area (Å²) >= 11 is 0. The summed E-state index contributed by atoms with van der Waals surface area (Å²) in [5.41, 5.74) is 9.96. The van der Waals surface area contributed by atoms with Crippen LogP contribution in [0, 0.1) is 15.9 Å². The summed E-state index contributed by atoms with van der Waals surface area (Å²) in [7, 11) is 1.14. The van der Waals surface area contributed by atoms with Crippen LogP contribution in [0.3, 0.4) is 0 Å². The van der Waals surface area contributed by atoms with Crippen molar-refractivity contribution >= 4 is 23.4 Å². The zero-order chi connectivity index (χ0) is 19.4. The molecule has 0 saturated carbocycles. The molecule has 2 aromatic rings. The van der Waals surface area contributed by atoms with E-state index in [2.05, 4.69) is 9.47 Å². The van der Waals surface area contributed by atoms with E-state index in [0.29, 0.717) is 6.07 Å². The summed E-state index contributed by atoms with van der Waals surface area (Å²) in [6.45, 7) is -0.608. The zero-order valence-corrected chi connectivity index (χ0v) is 13.5. The third-order valence-electron chi connectivity index (χ3n) is 3.52. The van der Waals surface area contributed by atoms with Crippen LogP contribution in [0.5, 0.6) is 0 Å². The topological polar surface area (TPSA) is 148 Å². The van der Waals surface area contributed by atoms with Gasteiger partial charge in [-0.15, -0.1) is 0 Å². The number of halogens is 1. The Kier molecular flexibility index (Phi) is 5.36. The van der Waals surface area contributed by atoms with Crippen molar-refractivity contribution in [1.82, 2.24) is 0 Å². The van der Waals surface area contributed by atoms with E-state index in [1.807, 2.05) is 0 Å². The lowest BCUT2D eigenvalue weighted by atomic mass is 9.93. The summed E-state index contributed by atoms with van der Waals surface area (Å²) in [4.78, 5) is 33.2. The summed E-state index contributed by atoms with van der Waals surface area (Å²) in [5, 5.41) is 11.1. The first-order valence-corrected chi connectivity index (χ1v) is 7.12. The molecule has 10 heteroatoms. The van der Waals surface area contributed by atoms with Crippen LogP contribution in [0.1, 0.15) is 15.9 Å². The number of non-ortho nitro benzene ring substituents is 1. The molecule has 0 radical (unpaired) electrons. The van der Waals surface area contributed by atoms with E-state index in [0.717, 1.165) is 13.2 Å². The van der Waals surface area contributed by atoms with E-state index in [-0.39, 0.29) is 27.9 Å². The molecule has 0 aliphatic rings. The monoisotopic (exact) mass is 363 g/mol. The Balaban J connectivity index is 2.80. The number of ether oxygens (including phenoxy) is 2. The second-order valence-electron chi connectivity index (χ2n) is 5.08. The van der Waals surface area contributed by atoms with Crippen LogP contribution < -0.4 is 11.5 Å². The molecule has 1 amide bonds. The zero-order valence-electron chi connectivity index (χ0n) is 13.5. The van der Waals surface area contributed by atoms with Crippen LogP contribution in [0.25, 0.3) is 11.1 Å². The maximum Gasteiger partial charge on any atom is 0.404 e. The number of rotatable bonds is 5. The highest BCUT2D eigenvalue weighted by atomic mass is 19.1. The van der Waals surface area contributed by atoms with Gasteiger partial charge in [-0.3, -0.25) is 10.1 Å². The molecular weight excluding hydrogens is 349 g/mol. The second-order valence-corrected chi connectivity index (χ2v) is 5.08. The normalized spacial score (nSPS) is 10.2. The van der Waals surface area contributed by atoms with Crippen molar-refractivity contribution in [2.75, 3.05) is 12.8 Å². The predicted octanol–water partition coefficient (Wildman–Crippen LogP) is 2.37. The number of carbonyl (C=O) groups excluding carboxylic acids is 2. The van der Waals surface area contributed by atoms with Crippen LogP contribution in [-0.2, 0) is 16.1 Å². The first-order chi connectivity index (χ1) is 12.3. The minimum Gasteiger partial charge on any atom is -0.465 e. The number of hydrogen-bond donors (Lipinski definition) is 2. The maximum absolute atomic E-state index is 14.5. The lowest BCUT2D eigenvalue weighted by Gasteiger charge is -2.15. The van der Waals surface area contributed by atoms with E-state index in [9.17, 15) is 24.1 Å². The second kappa shape index (κ2) is 7.47. The molecule has 2 rings (SSSR count). The van der Waals surface area contributed by atoms with Crippen molar-refractivity contribution in [2.45, 2.75) is 6.61 Å². The summed E-state index contributed by atoms with van der Waals surface area (Å²) in [5.74, 6) is -1.80. The fourth-order valence-corrected chi connectivity index (χ4v) is 2.39. The molecular formula is C16H14FN3O6. The molecule has 0 heterocycles. The molecule has 4 N–H and O–H groups in total. The Morgan fingerprint density at radius 3 is 2.58 bits per heavy atom. The Hall–Kier alpha value is -3.69. The van der Waals surface area contributed by atoms with Gasteiger partial charge in [-0.2, -0.15) is 0 Å². The van der Waals surface area contributed by atoms with Crippen molar-refractivity contribution in [1.29, 1.82) is 0 Å². The number of hydrogen-bond acceptors (Lipinski definition) is 7. The number of primary amides is 1. The number of methoxy groups -OCH3 is 1. The number of amides is 1. The number of esters is 1. The Labute approximate surface area is 146 Å². The first-order valence-electron chi connectivity index (χ1n) is 7.12. The molecule has 136 valence electrons. The number of nitro benzene ring substituents is 1. The molecule has 0 aromatic heterocycles. The van der Waals surface area contributed by atoms with Gasteiger partial charge in [0.05, 0.1) is 23.7 Å². The number of nitro groups is 1. The summed E-state index contributed by atoms with van der Waals surface area (Å²) < 4.78 is 23.7. The number of nitrogen functional groups attached to an aromatic ring is 1.